The maximum Gasteiger partial charge on any atom is 0.269 e. The second-order valence-corrected chi connectivity index (χ2v) is 5.19. The van der Waals surface area contributed by atoms with E-state index in [1.807, 2.05) is 14.1 Å². The Morgan fingerprint density at radius 1 is 1.48 bits per heavy atom. The Kier molecular flexibility index (Phi) is 4.32. The molecule has 0 atom stereocenters. The Balaban J connectivity index is 2.37. The fourth-order valence-electron chi connectivity index (χ4n) is 1.84. The molecule has 0 radical (unpaired) electrons. The Morgan fingerprint density at radius 3 is 2.76 bits per heavy atom. The summed E-state index contributed by atoms with van der Waals surface area (Å²) in [5.41, 5.74) is 6.33. The van der Waals surface area contributed by atoms with Gasteiger partial charge in [-0.1, -0.05) is 24.4 Å². The molecule has 2 rings (SSSR count). The summed E-state index contributed by atoms with van der Waals surface area (Å²) in [4.78, 5) is 13.7. The Bertz CT molecular complexity index is 742. The zero-order valence-electron chi connectivity index (χ0n) is 11.7. The van der Waals surface area contributed by atoms with Gasteiger partial charge in [0.1, 0.15) is 10.8 Å². The Hall–Kier alpha value is -2.28. The van der Waals surface area contributed by atoms with Gasteiger partial charge in [0.2, 0.25) is 0 Å². The van der Waals surface area contributed by atoms with Gasteiger partial charge in [-0.2, -0.15) is 5.10 Å². The van der Waals surface area contributed by atoms with Gasteiger partial charge in [0.15, 0.2) is 0 Å². The second kappa shape index (κ2) is 6.01. The average molecular weight is 306 g/mol. The molecule has 0 amide bonds. The minimum Gasteiger partial charge on any atom is -0.389 e. The fourth-order valence-corrected chi connectivity index (χ4v) is 2.00. The second-order valence-electron chi connectivity index (χ2n) is 4.75. The van der Waals surface area contributed by atoms with Crippen molar-refractivity contribution in [2.75, 3.05) is 19.0 Å². The summed E-state index contributed by atoms with van der Waals surface area (Å²) in [5, 5.41) is 4.04. The van der Waals surface area contributed by atoms with Gasteiger partial charge in [-0.25, -0.2) is 9.07 Å². The van der Waals surface area contributed by atoms with Crippen molar-refractivity contribution in [1.82, 2.24) is 9.78 Å². The summed E-state index contributed by atoms with van der Waals surface area (Å²) < 4.78 is 15.4. The molecule has 0 unspecified atom stereocenters. The van der Waals surface area contributed by atoms with Crippen molar-refractivity contribution < 1.29 is 4.39 Å². The highest BCUT2D eigenvalue weighted by molar-refractivity contribution is 7.80. The Labute approximate surface area is 126 Å². The van der Waals surface area contributed by atoms with Gasteiger partial charge in [-0.3, -0.25) is 4.79 Å². The van der Waals surface area contributed by atoms with Gasteiger partial charge in [0.05, 0.1) is 18.4 Å². The molecule has 7 heteroatoms. The lowest BCUT2D eigenvalue weighted by Gasteiger charge is -2.13. The van der Waals surface area contributed by atoms with Crippen LogP contribution in [-0.2, 0) is 6.54 Å². The molecule has 5 nitrogen and oxygen atoms in total. The lowest BCUT2D eigenvalue weighted by molar-refractivity contribution is 0.570. The smallest absolute Gasteiger partial charge is 0.269 e. The number of anilines is 1. The van der Waals surface area contributed by atoms with Gasteiger partial charge in [-0.15, -0.1) is 0 Å². The van der Waals surface area contributed by atoms with Crippen molar-refractivity contribution in [2.24, 2.45) is 5.73 Å². The lowest BCUT2D eigenvalue weighted by Crippen LogP contribution is -2.25. The molecule has 110 valence electrons. The van der Waals surface area contributed by atoms with E-state index in [4.69, 9.17) is 18.0 Å². The largest absolute Gasteiger partial charge is 0.389 e. The summed E-state index contributed by atoms with van der Waals surface area (Å²) in [6.45, 7) is 0.0226. The summed E-state index contributed by atoms with van der Waals surface area (Å²) >= 11 is 4.79. The molecule has 2 aromatic rings. The normalized spacial score (nSPS) is 10.4. The van der Waals surface area contributed by atoms with E-state index in [1.165, 1.54) is 16.8 Å². The number of hydrogen-bond acceptors (Lipinski definition) is 4. The number of benzene rings is 1. The first-order chi connectivity index (χ1) is 9.90. The standard InChI is InChI=1S/C14H15FN4OS/c1-18(2)10-6-12(20)19(17-7-10)8-9-4-3-5-11(13(9)15)14(16)21/h3-7H,8H2,1-2H3,(H2,16,21). The van der Waals surface area contributed by atoms with Crippen LogP contribution < -0.4 is 16.2 Å². The minimum absolute atomic E-state index is 0.0161. The monoisotopic (exact) mass is 306 g/mol. The molecule has 0 saturated carbocycles. The van der Waals surface area contributed by atoms with Gasteiger partial charge in [0, 0.05) is 31.3 Å². The van der Waals surface area contributed by atoms with Crippen molar-refractivity contribution in [3.05, 3.63) is 57.8 Å². The van der Waals surface area contributed by atoms with E-state index in [-0.39, 0.29) is 22.7 Å². The first kappa shape index (κ1) is 15.1. The highest BCUT2D eigenvalue weighted by Crippen LogP contribution is 2.14. The molecule has 0 fully saturated rings. The van der Waals surface area contributed by atoms with Crippen molar-refractivity contribution in [3.8, 4) is 0 Å². The molecular formula is C14H15FN4OS. The number of nitrogens with two attached hydrogens (primary N) is 1. The highest BCUT2D eigenvalue weighted by Gasteiger charge is 2.11. The Morgan fingerprint density at radius 2 is 2.19 bits per heavy atom. The summed E-state index contributed by atoms with van der Waals surface area (Å²) in [6.07, 6.45) is 1.55. The maximum atomic E-state index is 14.2. The van der Waals surface area contributed by atoms with E-state index in [2.05, 4.69) is 5.10 Å². The predicted octanol–water partition coefficient (Wildman–Crippen LogP) is 1.13. The lowest BCUT2D eigenvalue weighted by atomic mass is 10.1. The SMILES string of the molecule is CN(C)c1cnn(Cc2cccc(C(N)=S)c2F)c(=O)c1. The molecule has 0 aliphatic carbocycles. The van der Waals surface area contributed by atoms with Crippen LogP contribution in [0.3, 0.4) is 0 Å². The molecule has 0 aliphatic rings. The topological polar surface area (TPSA) is 64.2 Å². The van der Waals surface area contributed by atoms with Crippen LogP contribution in [0, 0.1) is 5.82 Å². The van der Waals surface area contributed by atoms with Crippen molar-refractivity contribution in [1.29, 1.82) is 0 Å². The number of thiocarbonyl (C=S) groups is 1. The summed E-state index contributed by atoms with van der Waals surface area (Å²) in [6, 6.07) is 6.17. The predicted molar refractivity (Wildman–Crippen MR) is 84.2 cm³/mol. The van der Waals surface area contributed by atoms with Crippen LogP contribution in [0.2, 0.25) is 0 Å². The van der Waals surface area contributed by atoms with Crippen LogP contribution >= 0.6 is 12.2 Å². The maximum absolute atomic E-state index is 14.2. The van der Waals surface area contributed by atoms with E-state index in [0.717, 1.165) is 0 Å². The molecule has 0 saturated heterocycles. The first-order valence-corrected chi connectivity index (χ1v) is 6.62. The molecular weight excluding hydrogens is 291 g/mol. The average Bonchev–Trinajstić information content (AvgIpc) is 2.42. The number of rotatable bonds is 4. The minimum atomic E-state index is -0.518. The van der Waals surface area contributed by atoms with Gasteiger partial charge >= 0.3 is 0 Å². The fraction of sp³-hybridized carbons (Fsp3) is 0.214. The van der Waals surface area contributed by atoms with Crippen molar-refractivity contribution >= 4 is 22.9 Å². The number of halogens is 1. The van der Waals surface area contributed by atoms with Crippen LogP contribution in [0.1, 0.15) is 11.1 Å². The van der Waals surface area contributed by atoms with E-state index in [9.17, 15) is 9.18 Å². The van der Waals surface area contributed by atoms with Gasteiger partial charge in [-0.05, 0) is 6.07 Å². The van der Waals surface area contributed by atoms with E-state index in [0.29, 0.717) is 11.3 Å². The van der Waals surface area contributed by atoms with Crippen molar-refractivity contribution in [2.45, 2.75) is 6.54 Å². The van der Waals surface area contributed by atoms with Gasteiger partial charge in [0.25, 0.3) is 5.56 Å². The summed E-state index contributed by atoms with van der Waals surface area (Å²) in [5.74, 6) is -0.518. The van der Waals surface area contributed by atoms with E-state index in [1.54, 1.807) is 23.2 Å². The molecule has 2 N–H and O–H groups in total. The number of aromatic nitrogens is 2. The van der Waals surface area contributed by atoms with Crippen LogP contribution in [0.4, 0.5) is 10.1 Å². The summed E-state index contributed by atoms with van der Waals surface area (Å²) in [7, 11) is 3.62. The first-order valence-electron chi connectivity index (χ1n) is 6.22. The van der Waals surface area contributed by atoms with Crippen molar-refractivity contribution in [3.63, 3.8) is 0 Å². The third-order valence-corrected chi connectivity index (χ3v) is 3.26. The van der Waals surface area contributed by atoms with Crippen LogP contribution in [-0.4, -0.2) is 28.9 Å². The highest BCUT2D eigenvalue weighted by atomic mass is 32.1. The zero-order chi connectivity index (χ0) is 15.6. The van der Waals surface area contributed by atoms with Crippen LogP contribution in [0.25, 0.3) is 0 Å². The molecule has 1 aromatic carbocycles. The zero-order valence-corrected chi connectivity index (χ0v) is 12.5. The molecule has 0 spiro atoms. The third-order valence-electron chi connectivity index (χ3n) is 3.04. The molecule has 1 aromatic heterocycles. The molecule has 0 aliphatic heterocycles. The molecule has 1 heterocycles. The third kappa shape index (κ3) is 3.25. The number of nitrogens with zero attached hydrogens (tertiary/aromatic N) is 3. The number of hydrogen-bond donors (Lipinski definition) is 1. The van der Waals surface area contributed by atoms with E-state index >= 15 is 0 Å². The van der Waals surface area contributed by atoms with E-state index < -0.39 is 5.82 Å². The quantitative estimate of drug-likeness (QED) is 0.858. The molecule has 0 bridgehead atoms. The molecule has 21 heavy (non-hydrogen) atoms. The van der Waals surface area contributed by atoms with Gasteiger partial charge < -0.3 is 10.6 Å². The van der Waals surface area contributed by atoms with Crippen LogP contribution in [0.15, 0.2) is 35.3 Å². The van der Waals surface area contributed by atoms with Crippen LogP contribution in [0.5, 0.6) is 0 Å².